The Morgan fingerprint density at radius 2 is 2.16 bits per heavy atom. The number of hydrogen-bond acceptors (Lipinski definition) is 3. The molecule has 0 amide bonds. The highest BCUT2D eigenvalue weighted by atomic mass is 32.1. The van der Waals surface area contributed by atoms with Crippen LogP contribution in [0.25, 0.3) is 0 Å². The SMILES string of the molecule is CC(O)C1CCN(C(CC(N)=S)c2ccccc2)C1. The van der Waals surface area contributed by atoms with Crippen molar-refractivity contribution in [3.05, 3.63) is 35.9 Å². The number of hydrogen-bond donors (Lipinski definition) is 2. The molecule has 1 aliphatic rings. The van der Waals surface area contributed by atoms with Crippen LogP contribution >= 0.6 is 12.2 Å². The summed E-state index contributed by atoms with van der Waals surface area (Å²) in [7, 11) is 0. The summed E-state index contributed by atoms with van der Waals surface area (Å²) in [6.07, 6.45) is 1.50. The summed E-state index contributed by atoms with van der Waals surface area (Å²) in [6, 6.07) is 10.6. The van der Waals surface area contributed by atoms with Crippen LogP contribution in [-0.4, -0.2) is 34.2 Å². The van der Waals surface area contributed by atoms with E-state index in [2.05, 4.69) is 17.0 Å². The van der Waals surface area contributed by atoms with Gasteiger partial charge in [0, 0.05) is 19.0 Å². The second kappa shape index (κ2) is 6.46. The lowest BCUT2D eigenvalue weighted by Gasteiger charge is -2.28. The molecule has 19 heavy (non-hydrogen) atoms. The minimum Gasteiger partial charge on any atom is -0.393 e. The van der Waals surface area contributed by atoms with Gasteiger partial charge in [-0.05, 0) is 31.4 Å². The maximum atomic E-state index is 9.73. The van der Waals surface area contributed by atoms with Crippen molar-refractivity contribution in [2.45, 2.75) is 31.9 Å². The van der Waals surface area contributed by atoms with Gasteiger partial charge in [0.25, 0.3) is 0 Å². The summed E-state index contributed by atoms with van der Waals surface area (Å²) < 4.78 is 0. The molecule has 0 aliphatic carbocycles. The number of benzene rings is 1. The lowest BCUT2D eigenvalue weighted by Crippen LogP contribution is -2.31. The Morgan fingerprint density at radius 1 is 1.47 bits per heavy atom. The first-order chi connectivity index (χ1) is 9.08. The average Bonchev–Trinajstić information content (AvgIpc) is 2.86. The predicted molar refractivity (Wildman–Crippen MR) is 81.9 cm³/mol. The third-order valence-corrected chi connectivity index (χ3v) is 4.12. The van der Waals surface area contributed by atoms with Gasteiger partial charge in [0.15, 0.2) is 0 Å². The van der Waals surface area contributed by atoms with Gasteiger partial charge in [-0.3, -0.25) is 4.90 Å². The third kappa shape index (κ3) is 3.75. The Hall–Kier alpha value is -0.970. The molecule has 1 aromatic rings. The van der Waals surface area contributed by atoms with Gasteiger partial charge in [-0.15, -0.1) is 0 Å². The fourth-order valence-corrected chi connectivity index (χ4v) is 2.97. The van der Waals surface area contributed by atoms with Gasteiger partial charge >= 0.3 is 0 Å². The Kier molecular flexibility index (Phi) is 4.91. The molecule has 1 aromatic carbocycles. The zero-order valence-corrected chi connectivity index (χ0v) is 12.1. The van der Waals surface area contributed by atoms with Crippen LogP contribution < -0.4 is 5.73 Å². The second-order valence-electron chi connectivity index (χ2n) is 5.38. The molecule has 0 radical (unpaired) electrons. The van der Waals surface area contributed by atoms with E-state index < -0.39 is 0 Å². The van der Waals surface area contributed by atoms with Gasteiger partial charge in [0.1, 0.15) is 0 Å². The Bertz CT molecular complexity index is 421. The van der Waals surface area contributed by atoms with Gasteiger partial charge in [-0.2, -0.15) is 0 Å². The van der Waals surface area contributed by atoms with Crippen molar-refractivity contribution in [2.24, 2.45) is 11.7 Å². The Morgan fingerprint density at radius 3 is 2.68 bits per heavy atom. The lowest BCUT2D eigenvalue weighted by atomic mass is 10.0. The molecule has 104 valence electrons. The van der Waals surface area contributed by atoms with E-state index in [1.807, 2.05) is 25.1 Å². The van der Waals surface area contributed by atoms with Crippen molar-refractivity contribution >= 4 is 17.2 Å². The van der Waals surface area contributed by atoms with Crippen LogP contribution in [0, 0.1) is 5.92 Å². The van der Waals surface area contributed by atoms with Gasteiger partial charge in [0.05, 0.1) is 11.1 Å². The number of rotatable bonds is 5. The first-order valence-electron chi connectivity index (χ1n) is 6.83. The highest BCUT2D eigenvalue weighted by Gasteiger charge is 2.31. The van der Waals surface area contributed by atoms with Crippen LogP contribution in [0.3, 0.4) is 0 Å². The largest absolute Gasteiger partial charge is 0.393 e. The number of nitrogens with two attached hydrogens (primary N) is 1. The monoisotopic (exact) mass is 278 g/mol. The van der Waals surface area contributed by atoms with Crippen molar-refractivity contribution in [2.75, 3.05) is 13.1 Å². The molecular weight excluding hydrogens is 256 g/mol. The molecular formula is C15H22N2OS. The van der Waals surface area contributed by atoms with E-state index in [9.17, 15) is 5.11 Å². The van der Waals surface area contributed by atoms with E-state index in [-0.39, 0.29) is 12.1 Å². The highest BCUT2D eigenvalue weighted by molar-refractivity contribution is 7.80. The standard InChI is InChI=1S/C15H22N2OS/c1-11(18)13-7-8-17(10-13)14(9-15(16)19)12-5-3-2-4-6-12/h2-6,11,13-14,18H,7-10H2,1H3,(H2,16,19). The third-order valence-electron chi connectivity index (χ3n) is 3.96. The first kappa shape index (κ1) is 14.4. The molecule has 3 N–H and O–H groups in total. The molecule has 0 saturated carbocycles. The van der Waals surface area contributed by atoms with E-state index in [0.717, 1.165) is 19.5 Å². The highest BCUT2D eigenvalue weighted by Crippen LogP contribution is 2.31. The van der Waals surface area contributed by atoms with Crippen molar-refractivity contribution in [3.8, 4) is 0 Å². The van der Waals surface area contributed by atoms with E-state index in [0.29, 0.717) is 17.3 Å². The molecule has 3 atom stereocenters. The van der Waals surface area contributed by atoms with Crippen LogP contribution in [0.5, 0.6) is 0 Å². The van der Waals surface area contributed by atoms with Crippen LogP contribution in [0.4, 0.5) is 0 Å². The molecule has 0 bridgehead atoms. The second-order valence-corrected chi connectivity index (χ2v) is 5.91. The molecule has 3 unspecified atom stereocenters. The molecule has 0 aromatic heterocycles. The van der Waals surface area contributed by atoms with E-state index in [4.69, 9.17) is 18.0 Å². The maximum Gasteiger partial charge on any atom is 0.0746 e. The summed E-state index contributed by atoms with van der Waals surface area (Å²) in [5.41, 5.74) is 7.00. The van der Waals surface area contributed by atoms with E-state index >= 15 is 0 Å². The molecule has 2 rings (SSSR count). The number of nitrogens with zero attached hydrogens (tertiary/aromatic N) is 1. The minimum atomic E-state index is -0.244. The molecule has 1 saturated heterocycles. The Labute approximate surface area is 120 Å². The maximum absolute atomic E-state index is 9.73. The summed E-state index contributed by atoms with van der Waals surface area (Å²) in [6.45, 7) is 3.79. The Balaban J connectivity index is 2.13. The fraction of sp³-hybridized carbons (Fsp3) is 0.533. The molecule has 4 heteroatoms. The van der Waals surface area contributed by atoms with Crippen molar-refractivity contribution < 1.29 is 5.11 Å². The van der Waals surface area contributed by atoms with E-state index in [1.54, 1.807) is 0 Å². The topological polar surface area (TPSA) is 49.5 Å². The average molecular weight is 278 g/mol. The summed E-state index contributed by atoms with van der Waals surface area (Å²) in [4.78, 5) is 2.95. The van der Waals surface area contributed by atoms with Gasteiger partial charge in [-0.25, -0.2) is 0 Å². The van der Waals surface area contributed by atoms with Gasteiger partial charge in [0.2, 0.25) is 0 Å². The van der Waals surface area contributed by atoms with Crippen LogP contribution in [-0.2, 0) is 0 Å². The van der Waals surface area contributed by atoms with Crippen LogP contribution in [0.2, 0.25) is 0 Å². The smallest absolute Gasteiger partial charge is 0.0746 e. The minimum absolute atomic E-state index is 0.238. The van der Waals surface area contributed by atoms with Crippen molar-refractivity contribution in [1.82, 2.24) is 4.90 Å². The van der Waals surface area contributed by atoms with Gasteiger partial charge < -0.3 is 10.8 Å². The molecule has 3 nitrogen and oxygen atoms in total. The number of thiocarbonyl (C=S) groups is 1. The molecule has 0 spiro atoms. The number of likely N-dealkylation sites (tertiary alicyclic amines) is 1. The van der Waals surface area contributed by atoms with Crippen molar-refractivity contribution in [3.63, 3.8) is 0 Å². The molecule has 1 aliphatic heterocycles. The number of aliphatic hydroxyl groups excluding tert-OH is 1. The first-order valence-corrected chi connectivity index (χ1v) is 7.24. The van der Waals surface area contributed by atoms with E-state index in [1.165, 1.54) is 5.56 Å². The van der Waals surface area contributed by atoms with Crippen LogP contribution in [0.15, 0.2) is 30.3 Å². The lowest BCUT2D eigenvalue weighted by molar-refractivity contribution is 0.122. The van der Waals surface area contributed by atoms with Gasteiger partial charge in [-0.1, -0.05) is 42.5 Å². The van der Waals surface area contributed by atoms with Crippen LogP contribution in [0.1, 0.15) is 31.4 Å². The predicted octanol–water partition coefficient (Wildman–Crippen LogP) is 2.11. The quantitative estimate of drug-likeness (QED) is 0.810. The summed E-state index contributed by atoms with van der Waals surface area (Å²) in [5.74, 6) is 0.359. The zero-order valence-electron chi connectivity index (χ0n) is 11.3. The fourth-order valence-electron chi connectivity index (χ4n) is 2.82. The zero-order chi connectivity index (χ0) is 13.8. The normalized spacial score (nSPS) is 23.2. The van der Waals surface area contributed by atoms with Crippen molar-refractivity contribution in [1.29, 1.82) is 0 Å². The molecule has 1 fully saturated rings. The summed E-state index contributed by atoms with van der Waals surface area (Å²) in [5, 5.41) is 9.73. The number of aliphatic hydroxyl groups is 1. The molecule has 1 heterocycles. The summed E-state index contributed by atoms with van der Waals surface area (Å²) >= 11 is 5.09.